The van der Waals surface area contributed by atoms with Crippen LogP contribution in [0.2, 0.25) is 19.6 Å². The Labute approximate surface area is 126 Å². The van der Waals surface area contributed by atoms with Crippen molar-refractivity contribution in [2.45, 2.75) is 65.3 Å². The summed E-state index contributed by atoms with van der Waals surface area (Å²) in [5, 5.41) is 0. The first-order chi connectivity index (χ1) is 9.33. The number of terminal acetylenes is 1. The highest BCUT2D eigenvalue weighted by atomic mass is 28.4. The van der Waals surface area contributed by atoms with Crippen LogP contribution in [0.25, 0.3) is 0 Å². The smallest absolute Gasteiger partial charge is 0.184 e. The van der Waals surface area contributed by atoms with E-state index in [0.29, 0.717) is 23.9 Å². The molecular weight excluding hydrogens is 260 g/mol. The van der Waals surface area contributed by atoms with E-state index in [1.807, 2.05) is 0 Å². The second-order valence-electron chi connectivity index (χ2n) is 7.72. The molecule has 20 heavy (non-hydrogen) atoms. The zero-order chi connectivity index (χ0) is 14.9. The highest BCUT2D eigenvalue weighted by molar-refractivity contribution is 6.69. The SMILES string of the molecule is C#CCC(C)C1=CC(C)C2C(O[Si](C)(C)C)CCCC12. The van der Waals surface area contributed by atoms with Crippen molar-refractivity contribution in [3.8, 4) is 12.3 Å². The Bertz CT molecular complexity index is 412. The maximum absolute atomic E-state index is 6.52. The van der Waals surface area contributed by atoms with E-state index in [1.54, 1.807) is 5.57 Å². The lowest BCUT2D eigenvalue weighted by Crippen LogP contribution is -2.42. The van der Waals surface area contributed by atoms with Crippen LogP contribution in [0.5, 0.6) is 0 Å². The van der Waals surface area contributed by atoms with Crippen LogP contribution in [0.4, 0.5) is 0 Å². The number of allylic oxidation sites excluding steroid dienone is 2. The van der Waals surface area contributed by atoms with E-state index in [0.717, 1.165) is 12.3 Å². The van der Waals surface area contributed by atoms with Gasteiger partial charge in [0.1, 0.15) is 0 Å². The molecule has 2 heteroatoms. The third-order valence-corrected chi connectivity index (χ3v) is 5.90. The van der Waals surface area contributed by atoms with E-state index in [9.17, 15) is 0 Å². The minimum atomic E-state index is -1.45. The van der Waals surface area contributed by atoms with Crippen molar-refractivity contribution >= 4 is 8.32 Å². The predicted molar refractivity (Wildman–Crippen MR) is 88.9 cm³/mol. The Morgan fingerprint density at radius 2 is 2.10 bits per heavy atom. The molecule has 112 valence electrons. The van der Waals surface area contributed by atoms with Crippen LogP contribution >= 0.6 is 0 Å². The first-order valence-electron chi connectivity index (χ1n) is 8.16. The van der Waals surface area contributed by atoms with Crippen LogP contribution in [0.3, 0.4) is 0 Å². The molecule has 2 aliphatic carbocycles. The molecule has 2 aliphatic rings. The topological polar surface area (TPSA) is 9.23 Å². The zero-order valence-corrected chi connectivity index (χ0v) is 14.8. The molecule has 1 nitrogen and oxygen atoms in total. The fraction of sp³-hybridized carbons (Fsp3) is 0.778. The van der Waals surface area contributed by atoms with E-state index in [4.69, 9.17) is 10.8 Å². The molecule has 5 unspecified atom stereocenters. The third kappa shape index (κ3) is 3.38. The first kappa shape index (κ1) is 15.9. The molecule has 0 N–H and O–H groups in total. The normalized spacial score (nSPS) is 35.1. The lowest BCUT2D eigenvalue weighted by molar-refractivity contribution is 0.0462. The Kier molecular flexibility index (Phi) is 4.82. The summed E-state index contributed by atoms with van der Waals surface area (Å²) in [5.41, 5.74) is 1.63. The minimum Gasteiger partial charge on any atom is -0.414 e. The van der Waals surface area contributed by atoms with Crippen LogP contribution < -0.4 is 0 Å². The molecule has 0 aromatic carbocycles. The average molecular weight is 291 g/mol. The number of fused-ring (bicyclic) bond motifs is 1. The van der Waals surface area contributed by atoms with Crippen LogP contribution in [0.1, 0.15) is 39.5 Å². The number of hydrogen-bond acceptors (Lipinski definition) is 1. The Hall–Kier alpha value is -0.523. The summed E-state index contributed by atoms with van der Waals surface area (Å²) < 4.78 is 6.52. The van der Waals surface area contributed by atoms with Crippen molar-refractivity contribution in [1.29, 1.82) is 0 Å². The van der Waals surface area contributed by atoms with E-state index in [1.165, 1.54) is 19.3 Å². The first-order valence-corrected chi connectivity index (χ1v) is 11.6. The summed E-state index contributed by atoms with van der Waals surface area (Å²) in [7, 11) is -1.45. The molecule has 0 spiro atoms. The minimum absolute atomic E-state index is 0.474. The summed E-state index contributed by atoms with van der Waals surface area (Å²) in [6, 6.07) is 0. The quantitative estimate of drug-likeness (QED) is 0.408. The summed E-state index contributed by atoms with van der Waals surface area (Å²) >= 11 is 0. The molecule has 0 bridgehead atoms. The molecule has 0 aromatic rings. The molecule has 0 saturated heterocycles. The van der Waals surface area contributed by atoms with Crippen LogP contribution in [0.15, 0.2) is 11.6 Å². The van der Waals surface area contributed by atoms with Gasteiger partial charge >= 0.3 is 0 Å². The highest BCUT2D eigenvalue weighted by Crippen LogP contribution is 2.49. The molecule has 0 heterocycles. The van der Waals surface area contributed by atoms with Gasteiger partial charge in [-0.3, -0.25) is 0 Å². The molecule has 0 aromatic heterocycles. The maximum Gasteiger partial charge on any atom is 0.184 e. The lowest BCUT2D eigenvalue weighted by Gasteiger charge is -2.41. The van der Waals surface area contributed by atoms with Gasteiger partial charge in [0.25, 0.3) is 0 Å². The fourth-order valence-electron chi connectivity index (χ4n) is 4.23. The Morgan fingerprint density at radius 1 is 1.40 bits per heavy atom. The van der Waals surface area contributed by atoms with Crippen LogP contribution in [-0.2, 0) is 4.43 Å². The van der Waals surface area contributed by atoms with Gasteiger partial charge in [0, 0.05) is 12.5 Å². The van der Waals surface area contributed by atoms with Gasteiger partial charge in [0.15, 0.2) is 8.32 Å². The molecule has 0 aliphatic heterocycles. The number of hydrogen-bond donors (Lipinski definition) is 0. The van der Waals surface area contributed by atoms with Gasteiger partial charge in [0.05, 0.1) is 0 Å². The summed E-state index contributed by atoms with van der Waals surface area (Å²) in [5.74, 6) is 5.46. The Balaban J connectivity index is 2.14. The molecule has 0 radical (unpaired) electrons. The summed E-state index contributed by atoms with van der Waals surface area (Å²) in [6.07, 6.45) is 13.3. The summed E-state index contributed by atoms with van der Waals surface area (Å²) in [6.45, 7) is 11.6. The largest absolute Gasteiger partial charge is 0.414 e. The van der Waals surface area contributed by atoms with E-state index >= 15 is 0 Å². The fourth-order valence-corrected chi connectivity index (χ4v) is 5.41. The van der Waals surface area contributed by atoms with Gasteiger partial charge in [-0.2, -0.15) is 0 Å². The van der Waals surface area contributed by atoms with Crippen molar-refractivity contribution in [3.63, 3.8) is 0 Å². The monoisotopic (exact) mass is 290 g/mol. The van der Waals surface area contributed by atoms with Crippen LogP contribution in [0, 0.1) is 36.0 Å². The van der Waals surface area contributed by atoms with E-state index in [2.05, 4.69) is 45.5 Å². The van der Waals surface area contributed by atoms with Crippen molar-refractivity contribution in [3.05, 3.63) is 11.6 Å². The molecule has 1 fully saturated rings. The second kappa shape index (κ2) is 6.08. The molecular formula is C18H30OSi. The number of rotatable bonds is 4. The van der Waals surface area contributed by atoms with Crippen LogP contribution in [-0.4, -0.2) is 14.4 Å². The highest BCUT2D eigenvalue weighted by Gasteiger charge is 2.44. The average Bonchev–Trinajstić information content (AvgIpc) is 2.66. The third-order valence-electron chi connectivity index (χ3n) is 4.89. The molecule has 5 atom stereocenters. The van der Waals surface area contributed by atoms with Gasteiger partial charge in [-0.1, -0.05) is 31.9 Å². The summed E-state index contributed by atoms with van der Waals surface area (Å²) in [4.78, 5) is 0. The predicted octanol–water partition coefficient (Wildman–Crippen LogP) is 4.86. The molecule has 2 rings (SSSR count). The van der Waals surface area contributed by atoms with Crippen molar-refractivity contribution in [1.82, 2.24) is 0 Å². The van der Waals surface area contributed by atoms with E-state index in [-0.39, 0.29) is 0 Å². The maximum atomic E-state index is 6.52. The Morgan fingerprint density at radius 3 is 2.70 bits per heavy atom. The second-order valence-corrected chi connectivity index (χ2v) is 12.2. The zero-order valence-electron chi connectivity index (χ0n) is 13.8. The van der Waals surface area contributed by atoms with Gasteiger partial charge in [-0.25, -0.2) is 0 Å². The molecule has 0 amide bonds. The van der Waals surface area contributed by atoms with Gasteiger partial charge in [0.2, 0.25) is 0 Å². The van der Waals surface area contributed by atoms with Crippen molar-refractivity contribution < 1.29 is 4.43 Å². The van der Waals surface area contributed by atoms with Crippen molar-refractivity contribution in [2.75, 3.05) is 0 Å². The van der Waals surface area contributed by atoms with Crippen molar-refractivity contribution in [2.24, 2.45) is 23.7 Å². The lowest BCUT2D eigenvalue weighted by atomic mass is 9.72. The van der Waals surface area contributed by atoms with Gasteiger partial charge in [-0.15, -0.1) is 12.3 Å². The standard InChI is InChI=1S/C18H30OSi/c1-7-9-13(2)16-12-14(3)18-15(16)10-8-11-17(18)19-20(4,5)6/h1,12-15,17-18H,8-11H2,2-6H3. The van der Waals surface area contributed by atoms with E-state index < -0.39 is 8.32 Å². The van der Waals surface area contributed by atoms with Gasteiger partial charge < -0.3 is 4.43 Å². The molecule has 1 saturated carbocycles. The van der Waals surface area contributed by atoms with Gasteiger partial charge in [-0.05, 0) is 56.2 Å².